The maximum absolute atomic E-state index is 12.6. The minimum atomic E-state index is -3.40. The van der Waals surface area contributed by atoms with Crippen molar-refractivity contribution in [1.82, 2.24) is 10.0 Å². The highest BCUT2D eigenvalue weighted by Gasteiger charge is 2.27. The highest BCUT2D eigenvalue weighted by atomic mass is 32.2. The molecule has 1 aliphatic carbocycles. The molecule has 6 heteroatoms. The molecule has 21 heavy (non-hydrogen) atoms. The summed E-state index contributed by atoms with van der Waals surface area (Å²) in [5, 5.41) is 5.14. The van der Waals surface area contributed by atoms with Gasteiger partial charge in [0.25, 0.3) is 0 Å². The minimum absolute atomic E-state index is 0.0221. The van der Waals surface area contributed by atoms with Crippen LogP contribution < -0.4 is 10.0 Å². The maximum atomic E-state index is 12.6. The fourth-order valence-electron chi connectivity index (χ4n) is 2.94. The fourth-order valence-corrected chi connectivity index (χ4v) is 5.66. The Labute approximate surface area is 132 Å². The van der Waals surface area contributed by atoms with Crippen LogP contribution in [-0.4, -0.2) is 21.0 Å². The Balaban J connectivity index is 2.03. The van der Waals surface area contributed by atoms with Crippen molar-refractivity contribution in [3.8, 4) is 0 Å². The first kappa shape index (κ1) is 16.9. The molecule has 4 nitrogen and oxygen atoms in total. The lowest BCUT2D eigenvalue weighted by Gasteiger charge is -2.20. The number of hydrogen-bond acceptors (Lipinski definition) is 4. The monoisotopic (exact) mass is 330 g/mol. The molecule has 1 saturated carbocycles. The molecule has 1 atom stereocenters. The van der Waals surface area contributed by atoms with Crippen molar-refractivity contribution in [3.63, 3.8) is 0 Å². The van der Waals surface area contributed by atoms with Crippen molar-refractivity contribution in [1.29, 1.82) is 0 Å². The Morgan fingerprint density at radius 3 is 2.76 bits per heavy atom. The van der Waals surface area contributed by atoms with Gasteiger partial charge >= 0.3 is 0 Å². The van der Waals surface area contributed by atoms with Crippen LogP contribution in [0.1, 0.15) is 50.8 Å². The highest BCUT2D eigenvalue weighted by Crippen LogP contribution is 2.29. The van der Waals surface area contributed by atoms with Crippen LogP contribution in [0.25, 0.3) is 0 Å². The zero-order valence-corrected chi connectivity index (χ0v) is 14.5. The number of nitrogens with one attached hydrogen (secondary N) is 2. The summed E-state index contributed by atoms with van der Waals surface area (Å²) < 4.78 is 28.0. The van der Waals surface area contributed by atoms with E-state index in [2.05, 4.69) is 17.0 Å². The first-order chi connectivity index (χ1) is 10.0. The molecule has 0 aromatic carbocycles. The van der Waals surface area contributed by atoms with Crippen LogP contribution in [0, 0.1) is 5.92 Å². The lowest BCUT2D eigenvalue weighted by atomic mass is 10.0. The predicted octanol–water partition coefficient (Wildman–Crippen LogP) is 3.10. The molecule has 1 aliphatic rings. The van der Waals surface area contributed by atoms with Gasteiger partial charge in [0.1, 0.15) is 0 Å². The van der Waals surface area contributed by atoms with Gasteiger partial charge in [0, 0.05) is 17.5 Å². The zero-order chi connectivity index (χ0) is 15.3. The second kappa shape index (κ2) is 7.72. The molecule has 0 amide bonds. The Morgan fingerprint density at radius 1 is 1.38 bits per heavy atom. The lowest BCUT2D eigenvalue weighted by molar-refractivity contribution is 0.424. The van der Waals surface area contributed by atoms with Gasteiger partial charge in [-0.2, -0.15) is 0 Å². The maximum Gasteiger partial charge on any atom is 0.241 e. The van der Waals surface area contributed by atoms with E-state index in [4.69, 9.17) is 0 Å². The van der Waals surface area contributed by atoms with E-state index >= 15 is 0 Å². The summed E-state index contributed by atoms with van der Waals surface area (Å²) in [5.74, 6) is 0.486. The Bertz CT molecular complexity index is 534. The smallest absolute Gasteiger partial charge is 0.241 e. The van der Waals surface area contributed by atoms with Gasteiger partial charge in [-0.1, -0.05) is 19.8 Å². The third kappa shape index (κ3) is 4.52. The minimum Gasteiger partial charge on any atom is -0.312 e. The summed E-state index contributed by atoms with van der Waals surface area (Å²) >= 11 is 1.50. The summed E-state index contributed by atoms with van der Waals surface area (Å²) in [6.45, 7) is 5.63. The van der Waals surface area contributed by atoms with E-state index in [1.165, 1.54) is 24.2 Å². The van der Waals surface area contributed by atoms with Gasteiger partial charge in [-0.25, -0.2) is 13.1 Å². The number of thiophene rings is 1. The van der Waals surface area contributed by atoms with Crippen LogP contribution in [0.3, 0.4) is 0 Å². The third-order valence-corrected chi connectivity index (χ3v) is 6.85. The van der Waals surface area contributed by atoms with Gasteiger partial charge in [-0.05, 0) is 50.1 Å². The molecular weight excluding hydrogens is 304 g/mol. The van der Waals surface area contributed by atoms with Gasteiger partial charge < -0.3 is 5.32 Å². The highest BCUT2D eigenvalue weighted by molar-refractivity contribution is 7.89. The van der Waals surface area contributed by atoms with E-state index in [1.54, 1.807) is 6.07 Å². The van der Waals surface area contributed by atoms with Crippen molar-refractivity contribution in [2.75, 3.05) is 6.54 Å². The molecule has 1 fully saturated rings. The molecule has 0 saturated heterocycles. The van der Waals surface area contributed by atoms with Gasteiger partial charge in [-0.15, -0.1) is 11.3 Å². The Hall–Kier alpha value is -0.430. The van der Waals surface area contributed by atoms with Crippen molar-refractivity contribution in [2.45, 2.75) is 63.4 Å². The third-order valence-electron chi connectivity index (χ3n) is 4.15. The molecule has 1 unspecified atom stereocenters. The molecule has 1 aromatic rings. The molecule has 1 heterocycles. The lowest BCUT2D eigenvalue weighted by Crippen LogP contribution is -2.37. The zero-order valence-electron chi connectivity index (χ0n) is 12.9. The Kier molecular flexibility index (Phi) is 6.22. The number of rotatable bonds is 8. The molecule has 2 N–H and O–H groups in total. The van der Waals surface area contributed by atoms with Gasteiger partial charge in [0.15, 0.2) is 0 Å². The van der Waals surface area contributed by atoms with E-state index in [0.29, 0.717) is 17.4 Å². The number of hydrogen-bond donors (Lipinski definition) is 2. The van der Waals surface area contributed by atoms with Crippen LogP contribution >= 0.6 is 11.3 Å². The molecule has 2 rings (SSSR count). The molecule has 0 aliphatic heterocycles. The van der Waals surface area contributed by atoms with E-state index in [1.807, 2.05) is 12.3 Å². The summed E-state index contributed by atoms with van der Waals surface area (Å²) in [5.41, 5.74) is 0. The molecule has 1 aromatic heterocycles. The summed E-state index contributed by atoms with van der Waals surface area (Å²) in [7, 11) is -3.40. The molecule has 0 radical (unpaired) electrons. The molecule has 0 bridgehead atoms. The molecule has 0 spiro atoms. The molecule has 120 valence electrons. The van der Waals surface area contributed by atoms with Gasteiger partial charge in [0.2, 0.25) is 10.0 Å². The average Bonchev–Trinajstić information content (AvgIpc) is 3.10. The Morgan fingerprint density at radius 2 is 2.10 bits per heavy atom. The fraction of sp³-hybridized carbons (Fsp3) is 0.733. The van der Waals surface area contributed by atoms with Crippen molar-refractivity contribution in [3.05, 3.63) is 16.3 Å². The predicted molar refractivity (Wildman–Crippen MR) is 88.1 cm³/mol. The number of sulfonamides is 1. The summed E-state index contributed by atoms with van der Waals surface area (Å²) in [6.07, 6.45) is 5.77. The second-order valence-electron chi connectivity index (χ2n) is 5.84. The topological polar surface area (TPSA) is 58.2 Å². The van der Waals surface area contributed by atoms with E-state index < -0.39 is 10.0 Å². The molecular formula is C15H26N2O2S2. The SMILES string of the molecule is CCCNCc1sccc1S(=O)(=O)NC(C)C1CCCC1. The van der Waals surface area contributed by atoms with E-state index in [-0.39, 0.29) is 6.04 Å². The van der Waals surface area contributed by atoms with Crippen LogP contribution in [0.2, 0.25) is 0 Å². The van der Waals surface area contributed by atoms with Crippen LogP contribution in [-0.2, 0) is 16.6 Å². The summed E-state index contributed by atoms with van der Waals surface area (Å²) in [4.78, 5) is 1.34. The van der Waals surface area contributed by atoms with E-state index in [9.17, 15) is 8.42 Å². The largest absolute Gasteiger partial charge is 0.312 e. The van der Waals surface area contributed by atoms with Crippen LogP contribution in [0.15, 0.2) is 16.3 Å². The average molecular weight is 331 g/mol. The summed E-state index contributed by atoms with van der Waals surface area (Å²) in [6, 6.07) is 1.74. The normalized spacial score (nSPS) is 18.2. The van der Waals surface area contributed by atoms with Crippen LogP contribution in [0.4, 0.5) is 0 Å². The van der Waals surface area contributed by atoms with Gasteiger partial charge in [0.05, 0.1) is 4.90 Å². The van der Waals surface area contributed by atoms with Crippen LogP contribution in [0.5, 0.6) is 0 Å². The quantitative estimate of drug-likeness (QED) is 0.720. The second-order valence-corrected chi connectivity index (χ2v) is 8.52. The van der Waals surface area contributed by atoms with E-state index in [0.717, 1.165) is 30.7 Å². The van der Waals surface area contributed by atoms with Crippen molar-refractivity contribution < 1.29 is 8.42 Å². The standard InChI is InChI=1S/C15H26N2O2S2/c1-3-9-16-11-14-15(8-10-20-14)21(18,19)17-12(2)13-6-4-5-7-13/h8,10,12-13,16-17H,3-7,9,11H2,1-2H3. The van der Waals surface area contributed by atoms with Gasteiger partial charge in [-0.3, -0.25) is 0 Å². The first-order valence-electron chi connectivity index (χ1n) is 7.84. The first-order valence-corrected chi connectivity index (χ1v) is 10.2. The van der Waals surface area contributed by atoms with Crippen molar-refractivity contribution in [2.24, 2.45) is 5.92 Å². The van der Waals surface area contributed by atoms with Crippen molar-refractivity contribution >= 4 is 21.4 Å².